The first-order chi connectivity index (χ1) is 10.2. The molecule has 0 spiro atoms. The number of aliphatic hydroxyl groups is 2. The van der Waals surface area contributed by atoms with Gasteiger partial charge in [0.1, 0.15) is 18.3 Å². The first-order valence-corrected chi connectivity index (χ1v) is 7.56. The molecule has 0 aromatic heterocycles. The minimum absolute atomic E-state index is 0.00633. The average molecular weight is 317 g/mol. The molecule has 1 saturated heterocycles. The molecule has 1 fully saturated rings. The number of aliphatic hydroxyl groups excluding tert-OH is 2. The normalized spacial score (nSPS) is 28.0. The van der Waals surface area contributed by atoms with E-state index in [2.05, 4.69) is 16.0 Å². The number of carbonyl (C=O) groups is 2. The van der Waals surface area contributed by atoms with Gasteiger partial charge in [0.05, 0.1) is 12.5 Å². The van der Waals surface area contributed by atoms with Crippen molar-refractivity contribution >= 4 is 11.9 Å². The van der Waals surface area contributed by atoms with Gasteiger partial charge in [-0.15, -0.1) is 0 Å². The Morgan fingerprint density at radius 3 is 2.09 bits per heavy atom. The van der Waals surface area contributed by atoms with Crippen LogP contribution in [0.2, 0.25) is 0 Å². The minimum atomic E-state index is -1.15. The summed E-state index contributed by atoms with van der Waals surface area (Å²) >= 11 is 0. The summed E-state index contributed by atoms with van der Waals surface area (Å²) in [4.78, 5) is 23.2. The Kier molecular flexibility index (Phi) is 7.05. The highest BCUT2D eigenvalue weighted by molar-refractivity contribution is 5.76. The highest BCUT2D eigenvalue weighted by Crippen LogP contribution is 2.23. The summed E-state index contributed by atoms with van der Waals surface area (Å²) < 4.78 is 5.49. The largest absolute Gasteiger partial charge is 0.388 e. The number of carbonyl (C=O) groups excluding carboxylic acids is 2. The third-order valence-electron chi connectivity index (χ3n) is 3.18. The van der Waals surface area contributed by atoms with E-state index in [1.54, 1.807) is 0 Å². The number of hydrogen-bond donors (Lipinski definition) is 5. The average Bonchev–Trinajstić information content (AvgIpc) is 2.62. The molecule has 8 nitrogen and oxygen atoms in total. The maximum atomic E-state index is 11.7. The molecule has 0 aromatic rings. The Bertz CT molecular complexity index is 389. The van der Waals surface area contributed by atoms with Crippen molar-refractivity contribution in [2.75, 3.05) is 6.54 Å². The van der Waals surface area contributed by atoms with Crippen LogP contribution in [0.3, 0.4) is 0 Å². The monoisotopic (exact) mass is 317 g/mol. The van der Waals surface area contributed by atoms with E-state index < -0.39 is 24.4 Å². The van der Waals surface area contributed by atoms with E-state index in [0.717, 1.165) is 0 Å². The number of rotatable bonds is 6. The number of nitrogens with one attached hydrogen (secondary N) is 3. The van der Waals surface area contributed by atoms with E-state index in [4.69, 9.17) is 4.74 Å². The smallest absolute Gasteiger partial charge is 0.315 e. The molecular weight excluding hydrogens is 290 g/mol. The molecule has 1 rings (SSSR count). The number of amides is 3. The standard InChI is InChI=1S/C14H27N3O5/c1-7(2)16-11(18)5-9-12(19)13(20)10(22-9)6-15-14(21)17-8(3)4/h7-10,12-13,19-20H,5-6H2,1-4H3,(H,16,18)(H2,15,17,21). The van der Waals surface area contributed by atoms with Gasteiger partial charge in [-0.3, -0.25) is 4.79 Å². The molecule has 3 amide bonds. The molecule has 128 valence electrons. The zero-order chi connectivity index (χ0) is 16.9. The summed E-state index contributed by atoms with van der Waals surface area (Å²) in [6.07, 6.45) is -3.86. The number of ether oxygens (including phenoxy) is 1. The maximum absolute atomic E-state index is 11.7. The van der Waals surface area contributed by atoms with Crippen LogP contribution in [0.4, 0.5) is 4.79 Å². The summed E-state index contributed by atoms with van der Waals surface area (Å²) in [5.74, 6) is -0.252. The Morgan fingerprint density at radius 2 is 1.55 bits per heavy atom. The predicted molar refractivity (Wildman–Crippen MR) is 80.2 cm³/mol. The molecule has 0 radical (unpaired) electrons. The fourth-order valence-electron chi connectivity index (χ4n) is 2.23. The Labute approximate surface area is 130 Å². The Hall–Kier alpha value is -1.38. The third-order valence-corrected chi connectivity index (χ3v) is 3.18. The van der Waals surface area contributed by atoms with Crippen LogP contribution < -0.4 is 16.0 Å². The van der Waals surface area contributed by atoms with Crippen LogP contribution >= 0.6 is 0 Å². The first kappa shape index (κ1) is 18.7. The van der Waals surface area contributed by atoms with Gasteiger partial charge in [0.15, 0.2) is 0 Å². The van der Waals surface area contributed by atoms with Gasteiger partial charge in [0, 0.05) is 18.6 Å². The van der Waals surface area contributed by atoms with Gasteiger partial charge in [0.25, 0.3) is 0 Å². The summed E-state index contributed by atoms with van der Waals surface area (Å²) in [6.45, 7) is 7.37. The van der Waals surface area contributed by atoms with Crippen LogP contribution in [0.15, 0.2) is 0 Å². The minimum Gasteiger partial charge on any atom is -0.388 e. The van der Waals surface area contributed by atoms with Crippen LogP contribution in [0, 0.1) is 0 Å². The van der Waals surface area contributed by atoms with Crippen molar-refractivity contribution in [2.24, 2.45) is 0 Å². The lowest BCUT2D eigenvalue weighted by molar-refractivity contribution is -0.125. The van der Waals surface area contributed by atoms with E-state index >= 15 is 0 Å². The van der Waals surface area contributed by atoms with Crippen molar-refractivity contribution < 1.29 is 24.5 Å². The summed E-state index contributed by atoms with van der Waals surface area (Å²) in [5.41, 5.74) is 0. The van der Waals surface area contributed by atoms with Crippen molar-refractivity contribution in [1.29, 1.82) is 0 Å². The third kappa shape index (κ3) is 5.78. The van der Waals surface area contributed by atoms with Gasteiger partial charge in [0.2, 0.25) is 5.91 Å². The van der Waals surface area contributed by atoms with Gasteiger partial charge in [-0.2, -0.15) is 0 Å². The molecule has 1 heterocycles. The lowest BCUT2D eigenvalue weighted by Gasteiger charge is -2.16. The SMILES string of the molecule is CC(C)NC(=O)CC1OC(CNC(=O)NC(C)C)C(O)C1O. The lowest BCUT2D eigenvalue weighted by atomic mass is 10.1. The number of hydrogen-bond acceptors (Lipinski definition) is 5. The van der Waals surface area contributed by atoms with E-state index in [1.165, 1.54) is 0 Å². The second kappa shape index (κ2) is 8.30. The van der Waals surface area contributed by atoms with E-state index in [9.17, 15) is 19.8 Å². The predicted octanol–water partition coefficient (Wildman–Crippen LogP) is -0.902. The van der Waals surface area contributed by atoms with Crippen LogP contribution in [-0.4, -0.2) is 65.2 Å². The zero-order valence-corrected chi connectivity index (χ0v) is 13.5. The molecular formula is C14H27N3O5. The molecule has 0 aromatic carbocycles. The second-order valence-electron chi connectivity index (χ2n) is 6.13. The topological polar surface area (TPSA) is 120 Å². The molecule has 1 aliphatic rings. The van der Waals surface area contributed by atoms with Crippen LogP contribution in [-0.2, 0) is 9.53 Å². The molecule has 4 unspecified atom stereocenters. The summed E-state index contributed by atoms with van der Waals surface area (Å²) in [7, 11) is 0. The van der Waals surface area contributed by atoms with Crippen LogP contribution in [0.5, 0.6) is 0 Å². The van der Waals surface area contributed by atoms with Crippen molar-refractivity contribution in [3.63, 3.8) is 0 Å². The van der Waals surface area contributed by atoms with Gasteiger partial charge >= 0.3 is 6.03 Å². The van der Waals surface area contributed by atoms with Crippen LogP contribution in [0.25, 0.3) is 0 Å². The van der Waals surface area contributed by atoms with Crippen molar-refractivity contribution in [1.82, 2.24) is 16.0 Å². The van der Waals surface area contributed by atoms with Crippen LogP contribution in [0.1, 0.15) is 34.1 Å². The molecule has 0 saturated carbocycles. The molecule has 0 aliphatic carbocycles. The van der Waals surface area contributed by atoms with Crippen molar-refractivity contribution in [2.45, 2.75) is 70.6 Å². The molecule has 22 heavy (non-hydrogen) atoms. The molecule has 1 aliphatic heterocycles. The summed E-state index contributed by atoms with van der Waals surface area (Å²) in [6, 6.07) is -0.387. The van der Waals surface area contributed by atoms with E-state index in [0.29, 0.717) is 0 Å². The molecule has 0 bridgehead atoms. The fourth-order valence-corrected chi connectivity index (χ4v) is 2.23. The zero-order valence-electron chi connectivity index (χ0n) is 13.5. The lowest BCUT2D eigenvalue weighted by Crippen LogP contribution is -2.45. The van der Waals surface area contributed by atoms with Gasteiger partial charge in [-0.1, -0.05) is 0 Å². The highest BCUT2D eigenvalue weighted by atomic mass is 16.5. The quantitative estimate of drug-likeness (QED) is 0.435. The summed E-state index contributed by atoms with van der Waals surface area (Å²) in [5, 5.41) is 27.8. The molecule has 8 heteroatoms. The highest BCUT2D eigenvalue weighted by Gasteiger charge is 2.43. The Morgan fingerprint density at radius 1 is 1.00 bits per heavy atom. The molecule has 5 N–H and O–H groups in total. The van der Waals surface area contributed by atoms with E-state index in [1.807, 2.05) is 27.7 Å². The Balaban J connectivity index is 2.45. The second-order valence-corrected chi connectivity index (χ2v) is 6.13. The van der Waals surface area contributed by atoms with Gasteiger partial charge < -0.3 is 30.9 Å². The maximum Gasteiger partial charge on any atom is 0.315 e. The number of urea groups is 1. The first-order valence-electron chi connectivity index (χ1n) is 7.56. The van der Waals surface area contributed by atoms with Crippen molar-refractivity contribution in [3.05, 3.63) is 0 Å². The van der Waals surface area contributed by atoms with Gasteiger partial charge in [-0.25, -0.2) is 4.79 Å². The fraction of sp³-hybridized carbons (Fsp3) is 0.857. The van der Waals surface area contributed by atoms with Gasteiger partial charge in [-0.05, 0) is 27.7 Å². The van der Waals surface area contributed by atoms with E-state index in [-0.39, 0.29) is 37.0 Å². The molecule has 4 atom stereocenters. The van der Waals surface area contributed by atoms with Crippen molar-refractivity contribution in [3.8, 4) is 0 Å².